The zero-order chi connectivity index (χ0) is 12.5. The van der Waals surface area contributed by atoms with E-state index in [2.05, 4.69) is 0 Å². The van der Waals surface area contributed by atoms with E-state index >= 15 is 0 Å². The topological polar surface area (TPSA) is 53.1 Å². The van der Waals surface area contributed by atoms with E-state index in [4.69, 9.17) is 11.1 Å². The number of amidine groups is 1. The second kappa shape index (κ2) is 4.61. The fourth-order valence-electron chi connectivity index (χ4n) is 2.25. The summed E-state index contributed by atoms with van der Waals surface area (Å²) in [5, 5.41) is 7.02. The quantitative estimate of drug-likeness (QED) is 0.581. The third-order valence-corrected chi connectivity index (χ3v) is 3.10. The largest absolute Gasteiger partial charge is 0.399 e. The highest BCUT2D eigenvalue weighted by molar-refractivity contribution is 5.80. The number of hydrogen-bond acceptors (Lipinski definition) is 2. The van der Waals surface area contributed by atoms with Gasteiger partial charge < -0.3 is 5.73 Å². The average Bonchev–Trinajstić information content (AvgIpc) is 2.38. The Morgan fingerprint density at radius 2 is 2.06 bits per heavy atom. The maximum atomic E-state index is 12.6. The fraction of sp³-hybridized carbons (Fsp3) is 0.900. The maximum absolute atomic E-state index is 12.6. The smallest absolute Gasteiger partial charge is 0.387 e. The van der Waals surface area contributed by atoms with Crippen molar-refractivity contribution < 1.29 is 13.2 Å². The van der Waals surface area contributed by atoms with Crippen LogP contribution in [0.1, 0.15) is 20.3 Å². The van der Waals surface area contributed by atoms with Crippen LogP contribution in [0.5, 0.6) is 0 Å². The molecule has 0 aliphatic carbocycles. The van der Waals surface area contributed by atoms with E-state index in [1.165, 1.54) is 0 Å². The van der Waals surface area contributed by atoms with E-state index in [1.807, 2.05) is 13.8 Å². The molecule has 1 rings (SSSR count). The van der Waals surface area contributed by atoms with Gasteiger partial charge in [0.05, 0.1) is 0 Å². The van der Waals surface area contributed by atoms with Gasteiger partial charge in [-0.25, -0.2) is 0 Å². The molecule has 3 atom stereocenters. The highest BCUT2D eigenvalue weighted by Crippen LogP contribution is 2.30. The van der Waals surface area contributed by atoms with Crippen molar-refractivity contribution in [2.45, 2.75) is 32.5 Å². The highest BCUT2D eigenvalue weighted by atomic mass is 19.4. The first-order chi connectivity index (χ1) is 7.21. The third kappa shape index (κ3) is 3.10. The Labute approximate surface area is 93.3 Å². The number of halogens is 3. The van der Waals surface area contributed by atoms with Crippen molar-refractivity contribution >= 4 is 5.84 Å². The minimum atomic E-state index is -4.42. The first-order valence-electron chi connectivity index (χ1n) is 5.36. The molecule has 16 heavy (non-hydrogen) atoms. The van der Waals surface area contributed by atoms with Gasteiger partial charge in [-0.2, -0.15) is 13.2 Å². The molecule has 3 unspecified atom stereocenters. The summed E-state index contributed by atoms with van der Waals surface area (Å²) in [4.78, 5) is 1.77. The zero-order valence-corrected chi connectivity index (χ0v) is 9.51. The van der Waals surface area contributed by atoms with Crippen molar-refractivity contribution in [3.8, 4) is 0 Å². The Balaban J connectivity index is 2.66. The molecule has 0 radical (unpaired) electrons. The fourth-order valence-corrected chi connectivity index (χ4v) is 2.25. The molecular formula is C10H18F3N3. The molecule has 94 valence electrons. The van der Waals surface area contributed by atoms with Gasteiger partial charge in [-0.3, -0.25) is 10.3 Å². The van der Waals surface area contributed by atoms with Crippen LogP contribution in [0.15, 0.2) is 0 Å². The molecule has 3 N–H and O–H groups in total. The van der Waals surface area contributed by atoms with Gasteiger partial charge in [0, 0.05) is 19.1 Å². The standard InChI is InChI=1S/C10H18F3N3/c1-6-3-7(2)16(4-6)5-8(9(14)15)10(11,12)13/h6-8H,3-5H2,1-2H3,(H3,14,15). The molecule has 1 fully saturated rings. The van der Waals surface area contributed by atoms with Crippen LogP contribution in [0.3, 0.4) is 0 Å². The summed E-state index contributed by atoms with van der Waals surface area (Å²) >= 11 is 0. The van der Waals surface area contributed by atoms with Crippen LogP contribution in [0.4, 0.5) is 13.2 Å². The van der Waals surface area contributed by atoms with E-state index in [1.54, 1.807) is 4.90 Å². The molecule has 0 saturated carbocycles. The first kappa shape index (κ1) is 13.3. The molecule has 3 nitrogen and oxygen atoms in total. The SMILES string of the molecule is CC1CC(C)N(CC(C(=N)N)C(F)(F)F)C1. The number of alkyl halides is 3. The lowest BCUT2D eigenvalue weighted by Crippen LogP contribution is -2.45. The second-order valence-corrected chi connectivity index (χ2v) is 4.69. The van der Waals surface area contributed by atoms with Crippen molar-refractivity contribution in [2.24, 2.45) is 17.6 Å². The van der Waals surface area contributed by atoms with Crippen LogP contribution in [0.2, 0.25) is 0 Å². The van der Waals surface area contributed by atoms with Gasteiger partial charge in [-0.1, -0.05) is 6.92 Å². The van der Waals surface area contributed by atoms with Crippen LogP contribution >= 0.6 is 0 Å². The lowest BCUT2D eigenvalue weighted by molar-refractivity contribution is -0.160. The van der Waals surface area contributed by atoms with Crippen molar-refractivity contribution in [3.05, 3.63) is 0 Å². The van der Waals surface area contributed by atoms with Crippen molar-refractivity contribution in [1.29, 1.82) is 5.41 Å². The highest BCUT2D eigenvalue weighted by Gasteiger charge is 2.44. The monoisotopic (exact) mass is 237 g/mol. The molecule has 1 aliphatic heterocycles. The van der Waals surface area contributed by atoms with Crippen molar-refractivity contribution in [1.82, 2.24) is 4.90 Å². The summed E-state index contributed by atoms with van der Waals surface area (Å²) in [6, 6.07) is 0.138. The molecule has 0 amide bonds. The predicted octanol–water partition coefficient (Wildman–Crippen LogP) is 1.83. The molecule has 0 aromatic heterocycles. The van der Waals surface area contributed by atoms with E-state index in [-0.39, 0.29) is 12.6 Å². The minimum Gasteiger partial charge on any atom is -0.387 e. The molecule has 0 bridgehead atoms. The molecule has 1 heterocycles. The van der Waals surface area contributed by atoms with Gasteiger partial charge in [-0.05, 0) is 19.3 Å². The van der Waals surface area contributed by atoms with Gasteiger partial charge in [0.1, 0.15) is 11.8 Å². The lowest BCUT2D eigenvalue weighted by Gasteiger charge is -2.27. The Morgan fingerprint density at radius 1 is 1.50 bits per heavy atom. The Kier molecular flexibility index (Phi) is 3.83. The van der Waals surface area contributed by atoms with Gasteiger partial charge in [0.15, 0.2) is 0 Å². The summed E-state index contributed by atoms with van der Waals surface area (Å²) in [6.45, 7) is 4.40. The number of rotatable bonds is 3. The number of nitrogens with zero attached hydrogens (tertiary/aromatic N) is 1. The summed E-state index contributed by atoms with van der Waals surface area (Å²) in [5.41, 5.74) is 5.02. The molecule has 6 heteroatoms. The number of likely N-dealkylation sites (tertiary alicyclic amines) is 1. The average molecular weight is 237 g/mol. The molecule has 1 aliphatic rings. The summed E-state index contributed by atoms with van der Waals surface area (Å²) in [6.07, 6.45) is -3.51. The molecule has 0 spiro atoms. The summed E-state index contributed by atoms with van der Waals surface area (Å²) in [7, 11) is 0. The number of hydrogen-bond donors (Lipinski definition) is 2. The Morgan fingerprint density at radius 3 is 2.38 bits per heavy atom. The summed E-state index contributed by atoms with van der Waals surface area (Å²) in [5.74, 6) is -2.21. The van der Waals surface area contributed by atoms with Crippen LogP contribution in [-0.4, -0.2) is 36.0 Å². The second-order valence-electron chi connectivity index (χ2n) is 4.69. The molecule has 0 aromatic rings. The van der Waals surface area contributed by atoms with Crippen molar-refractivity contribution in [3.63, 3.8) is 0 Å². The van der Waals surface area contributed by atoms with Gasteiger partial charge in [-0.15, -0.1) is 0 Å². The minimum absolute atomic E-state index is 0.138. The maximum Gasteiger partial charge on any atom is 0.399 e. The van der Waals surface area contributed by atoms with Crippen LogP contribution in [-0.2, 0) is 0 Å². The number of nitrogens with one attached hydrogen (secondary N) is 1. The molecule has 1 saturated heterocycles. The van der Waals surface area contributed by atoms with Crippen LogP contribution < -0.4 is 5.73 Å². The third-order valence-electron chi connectivity index (χ3n) is 3.10. The predicted molar refractivity (Wildman–Crippen MR) is 56.3 cm³/mol. The van der Waals surface area contributed by atoms with Gasteiger partial charge in [0.2, 0.25) is 0 Å². The van der Waals surface area contributed by atoms with E-state index in [9.17, 15) is 13.2 Å². The first-order valence-corrected chi connectivity index (χ1v) is 5.36. The van der Waals surface area contributed by atoms with E-state index in [0.717, 1.165) is 6.42 Å². The number of nitrogens with two attached hydrogens (primary N) is 1. The van der Waals surface area contributed by atoms with Crippen LogP contribution in [0, 0.1) is 17.2 Å². The zero-order valence-electron chi connectivity index (χ0n) is 9.51. The Bertz CT molecular complexity index is 265. The molecular weight excluding hydrogens is 219 g/mol. The normalized spacial score (nSPS) is 29.3. The van der Waals surface area contributed by atoms with Gasteiger partial charge >= 0.3 is 6.18 Å². The summed E-state index contributed by atoms with van der Waals surface area (Å²) < 4.78 is 37.8. The molecule has 0 aromatic carbocycles. The van der Waals surface area contributed by atoms with E-state index < -0.39 is 17.9 Å². The van der Waals surface area contributed by atoms with E-state index in [0.29, 0.717) is 12.5 Å². The Hall–Kier alpha value is -0.780. The van der Waals surface area contributed by atoms with Crippen molar-refractivity contribution in [2.75, 3.05) is 13.1 Å². The van der Waals surface area contributed by atoms with Crippen LogP contribution in [0.25, 0.3) is 0 Å². The lowest BCUT2D eigenvalue weighted by atomic mass is 10.1. The van der Waals surface area contributed by atoms with Gasteiger partial charge in [0.25, 0.3) is 0 Å².